The maximum Gasteiger partial charge on any atom is 0.246 e. The number of hydrogen-bond donors (Lipinski definition) is 0. The Bertz CT molecular complexity index is 1010. The summed E-state index contributed by atoms with van der Waals surface area (Å²) in [6.07, 6.45) is 4.72. The van der Waals surface area contributed by atoms with Gasteiger partial charge in [0.1, 0.15) is 4.90 Å². The average molecular weight is 411 g/mol. The van der Waals surface area contributed by atoms with Gasteiger partial charge >= 0.3 is 0 Å². The maximum atomic E-state index is 12.7. The number of aromatic nitrogens is 2. The second-order valence-corrected chi connectivity index (χ2v) is 10.0. The van der Waals surface area contributed by atoms with Crippen molar-refractivity contribution in [3.8, 4) is 0 Å². The molecule has 0 saturated carbocycles. The zero-order chi connectivity index (χ0) is 19.5. The number of benzene rings is 1. The van der Waals surface area contributed by atoms with Gasteiger partial charge in [-0.15, -0.1) is 0 Å². The van der Waals surface area contributed by atoms with Gasteiger partial charge in [-0.25, -0.2) is 16.8 Å². The molecule has 0 aliphatic carbocycles. The predicted molar refractivity (Wildman–Crippen MR) is 103 cm³/mol. The van der Waals surface area contributed by atoms with Crippen molar-refractivity contribution in [2.45, 2.75) is 11.3 Å². The van der Waals surface area contributed by atoms with Gasteiger partial charge < -0.3 is 0 Å². The van der Waals surface area contributed by atoms with Gasteiger partial charge in [-0.05, 0) is 18.1 Å². The van der Waals surface area contributed by atoms with Crippen molar-refractivity contribution in [2.75, 3.05) is 26.2 Å². The molecule has 8 nitrogen and oxygen atoms in total. The maximum absolute atomic E-state index is 12.7. The van der Waals surface area contributed by atoms with Crippen LogP contribution in [0.1, 0.15) is 12.0 Å². The minimum atomic E-state index is -3.68. The molecule has 1 aromatic carbocycles. The molecule has 0 spiro atoms. The summed E-state index contributed by atoms with van der Waals surface area (Å²) < 4.78 is 54.7. The van der Waals surface area contributed by atoms with Gasteiger partial charge in [0.15, 0.2) is 0 Å². The Balaban J connectivity index is 1.71. The van der Waals surface area contributed by atoms with Crippen LogP contribution in [0.15, 0.2) is 53.0 Å². The Kier molecular flexibility index (Phi) is 5.80. The van der Waals surface area contributed by atoms with Crippen LogP contribution in [0.4, 0.5) is 0 Å². The van der Waals surface area contributed by atoms with Crippen LogP contribution in [0.3, 0.4) is 0 Å². The molecule has 27 heavy (non-hydrogen) atoms. The second-order valence-electron chi connectivity index (χ2n) is 6.26. The quantitative estimate of drug-likeness (QED) is 0.736. The minimum Gasteiger partial charge on any atom is -0.274 e. The predicted octanol–water partition coefficient (Wildman–Crippen LogP) is 1.12. The van der Waals surface area contributed by atoms with Crippen molar-refractivity contribution < 1.29 is 16.8 Å². The first-order valence-electron chi connectivity index (χ1n) is 8.51. The Morgan fingerprint density at radius 1 is 0.963 bits per heavy atom. The number of nitrogens with zero attached hydrogens (tertiary/aromatic N) is 4. The van der Waals surface area contributed by atoms with Gasteiger partial charge in [0.05, 0.1) is 6.20 Å². The molecule has 1 fully saturated rings. The highest BCUT2D eigenvalue weighted by Crippen LogP contribution is 2.18. The van der Waals surface area contributed by atoms with Crippen LogP contribution in [-0.4, -0.2) is 61.4 Å². The monoisotopic (exact) mass is 410 g/mol. The third-order valence-electron chi connectivity index (χ3n) is 4.32. The first kappa shape index (κ1) is 19.7. The molecule has 10 heteroatoms. The van der Waals surface area contributed by atoms with Crippen molar-refractivity contribution in [1.82, 2.24) is 18.4 Å². The van der Waals surface area contributed by atoms with Gasteiger partial charge in [-0.3, -0.25) is 4.68 Å². The second kappa shape index (κ2) is 7.93. The van der Waals surface area contributed by atoms with Crippen molar-refractivity contribution >= 4 is 26.1 Å². The summed E-state index contributed by atoms with van der Waals surface area (Å²) in [5, 5.41) is 5.08. The molecule has 2 heterocycles. The molecule has 0 N–H and O–H groups in total. The van der Waals surface area contributed by atoms with E-state index in [2.05, 4.69) is 5.10 Å². The molecule has 1 aromatic heterocycles. The fourth-order valence-corrected chi connectivity index (χ4v) is 5.54. The third-order valence-corrected chi connectivity index (χ3v) is 7.74. The minimum absolute atomic E-state index is 0.107. The molecule has 0 bridgehead atoms. The standard InChI is InChI=1S/C17H22N4O4S2/c1-19-15-17(14-18-19)27(24,25)21-10-5-9-20(11-12-21)26(22,23)13-8-16-6-3-2-4-7-16/h2-4,6-8,13-15H,5,9-12H2,1H3/b13-8+. The van der Waals surface area contributed by atoms with E-state index in [0.29, 0.717) is 6.42 Å². The van der Waals surface area contributed by atoms with Crippen LogP contribution < -0.4 is 0 Å². The highest BCUT2D eigenvalue weighted by Gasteiger charge is 2.30. The van der Waals surface area contributed by atoms with E-state index < -0.39 is 20.0 Å². The van der Waals surface area contributed by atoms with E-state index in [-0.39, 0.29) is 31.1 Å². The van der Waals surface area contributed by atoms with E-state index in [0.717, 1.165) is 5.56 Å². The fourth-order valence-electron chi connectivity index (χ4n) is 2.86. The topological polar surface area (TPSA) is 92.6 Å². The molecule has 0 unspecified atom stereocenters. The summed E-state index contributed by atoms with van der Waals surface area (Å²) in [6.45, 7) is 0.767. The molecule has 1 saturated heterocycles. The molecular weight excluding hydrogens is 388 g/mol. The third kappa shape index (κ3) is 4.64. The summed E-state index contributed by atoms with van der Waals surface area (Å²) in [5.41, 5.74) is 0.789. The normalized spacial score (nSPS) is 18.0. The number of sulfonamides is 2. The molecule has 0 atom stereocenters. The van der Waals surface area contributed by atoms with Gasteiger partial charge in [-0.1, -0.05) is 30.3 Å². The van der Waals surface area contributed by atoms with E-state index in [9.17, 15) is 16.8 Å². The summed E-state index contributed by atoms with van der Waals surface area (Å²) in [4.78, 5) is 0.116. The SMILES string of the molecule is Cn1cc(S(=O)(=O)N2CCCN(S(=O)(=O)/C=C/c3ccccc3)CC2)cn1. The zero-order valence-corrected chi connectivity index (χ0v) is 16.6. The van der Waals surface area contributed by atoms with Crippen LogP contribution in [0.2, 0.25) is 0 Å². The lowest BCUT2D eigenvalue weighted by molar-refractivity contribution is 0.407. The molecule has 0 amide bonds. The van der Waals surface area contributed by atoms with Crippen LogP contribution in [-0.2, 0) is 27.1 Å². The van der Waals surface area contributed by atoms with Gasteiger partial charge in [0, 0.05) is 44.8 Å². The van der Waals surface area contributed by atoms with E-state index in [1.165, 1.54) is 31.1 Å². The summed E-state index contributed by atoms with van der Waals surface area (Å²) in [6, 6.07) is 9.16. The van der Waals surface area contributed by atoms with Crippen LogP contribution in [0.5, 0.6) is 0 Å². The van der Waals surface area contributed by atoms with Crippen LogP contribution in [0, 0.1) is 0 Å². The highest BCUT2D eigenvalue weighted by atomic mass is 32.2. The van der Waals surface area contributed by atoms with Crippen molar-refractivity contribution in [2.24, 2.45) is 7.05 Å². The zero-order valence-electron chi connectivity index (χ0n) is 15.0. The first-order chi connectivity index (χ1) is 12.8. The number of rotatable bonds is 5. The average Bonchev–Trinajstić information content (AvgIpc) is 2.93. The summed E-state index contributed by atoms with van der Waals surface area (Å²) in [7, 11) is -5.65. The molecule has 2 aromatic rings. The van der Waals surface area contributed by atoms with Crippen molar-refractivity contribution in [1.29, 1.82) is 0 Å². The fraction of sp³-hybridized carbons (Fsp3) is 0.353. The Hall–Kier alpha value is -2.01. The molecule has 1 aliphatic heterocycles. The number of aryl methyl sites for hydroxylation is 1. The lowest BCUT2D eigenvalue weighted by Gasteiger charge is -2.20. The Morgan fingerprint density at radius 2 is 1.63 bits per heavy atom. The van der Waals surface area contributed by atoms with E-state index >= 15 is 0 Å². The van der Waals surface area contributed by atoms with E-state index in [4.69, 9.17) is 0 Å². The first-order valence-corrected chi connectivity index (χ1v) is 11.5. The van der Waals surface area contributed by atoms with E-state index in [1.54, 1.807) is 13.1 Å². The Labute approximate surface area is 159 Å². The molecule has 146 valence electrons. The molecular formula is C17H22N4O4S2. The molecule has 3 rings (SSSR count). The van der Waals surface area contributed by atoms with Gasteiger partial charge in [-0.2, -0.15) is 13.7 Å². The largest absolute Gasteiger partial charge is 0.274 e. The van der Waals surface area contributed by atoms with E-state index in [1.807, 2.05) is 30.3 Å². The highest BCUT2D eigenvalue weighted by molar-refractivity contribution is 7.92. The summed E-state index contributed by atoms with van der Waals surface area (Å²) in [5.74, 6) is 0. The number of hydrogen-bond acceptors (Lipinski definition) is 5. The Morgan fingerprint density at radius 3 is 2.30 bits per heavy atom. The van der Waals surface area contributed by atoms with Gasteiger partial charge in [0.25, 0.3) is 0 Å². The lowest BCUT2D eigenvalue weighted by Crippen LogP contribution is -2.36. The lowest BCUT2D eigenvalue weighted by atomic mass is 10.2. The molecule has 0 radical (unpaired) electrons. The van der Waals surface area contributed by atoms with Crippen LogP contribution >= 0.6 is 0 Å². The van der Waals surface area contributed by atoms with Crippen molar-refractivity contribution in [3.05, 3.63) is 53.7 Å². The smallest absolute Gasteiger partial charge is 0.246 e. The summed E-state index contributed by atoms with van der Waals surface area (Å²) >= 11 is 0. The van der Waals surface area contributed by atoms with Crippen molar-refractivity contribution in [3.63, 3.8) is 0 Å². The van der Waals surface area contributed by atoms with Gasteiger partial charge in [0.2, 0.25) is 20.0 Å². The molecule has 1 aliphatic rings. The van der Waals surface area contributed by atoms with Crippen LogP contribution in [0.25, 0.3) is 6.08 Å².